The van der Waals surface area contributed by atoms with Crippen molar-refractivity contribution >= 4 is 5.69 Å². The highest BCUT2D eigenvalue weighted by molar-refractivity contribution is 5.58. The van der Waals surface area contributed by atoms with Gasteiger partial charge in [0.05, 0.1) is 29.8 Å². The highest BCUT2D eigenvalue weighted by Crippen LogP contribution is 2.31. The van der Waals surface area contributed by atoms with Gasteiger partial charge in [-0.25, -0.2) is 13.8 Å². The van der Waals surface area contributed by atoms with Gasteiger partial charge in [-0.2, -0.15) is 10.2 Å². The molecule has 166 valence electrons. The van der Waals surface area contributed by atoms with Crippen molar-refractivity contribution < 1.29 is 9.13 Å². The maximum absolute atomic E-state index is 15.2. The third-order valence-corrected chi connectivity index (χ3v) is 6.28. The van der Waals surface area contributed by atoms with Gasteiger partial charge >= 0.3 is 0 Å². The summed E-state index contributed by atoms with van der Waals surface area (Å²) < 4.78 is 24.1. The standard InChI is InChI=1S/C25H22FN5O2/c26-21-14-18(29-15-19-7-8-20(16-29)33-19)6-9-22(21)30-13-11-24(32)25(28-30)23-10-12-27-31(23)17-4-2-1-3-5-17/h1-6,9-14,19-20H,7-8,15-16H2. The summed E-state index contributed by atoms with van der Waals surface area (Å²) in [6, 6.07) is 17.8. The Hall–Kier alpha value is -3.78. The van der Waals surface area contributed by atoms with Crippen LogP contribution in [0.2, 0.25) is 0 Å². The summed E-state index contributed by atoms with van der Waals surface area (Å²) in [5.74, 6) is -0.398. The molecule has 2 aromatic heterocycles. The zero-order chi connectivity index (χ0) is 22.4. The molecular weight excluding hydrogens is 421 g/mol. The van der Waals surface area contributed by atoms with E-state index >= 15 is 4.39 Å². The lowest BCUT2D eigenvalue weighted by Crippen LogP contribution is -2.42. The van der Waals surface area contributed by atoms with Crippen LogP contribution in [0.25, 0.3) is 22.8 Å². The second kappa shape index (κ2) is 7.97. The molecule has 2 fully saturated rings. The smallest absolute Gasteiger partial charge is 0.209 e. The Balaban J connectivity index is 1.35. The van der Waals surface area contributed by atoms with Crippen LogP contribution in [0.1, 0.15) is 12.8 Å². The molecule has 33 heavy (non-hydrogen) atoms. The molecule has 2 bridgehead atoms. The van der Waals surface area contributed by atoms with Crippen LogP contribution >= 0.6 is 0 Å². The Kier molecular flexibility index (Phi) is 4.80. The predicted molar refractivity (Wildman–Crippen MR) is 122 cm³/mol. The second-order valence-corrected chi connectivity index (χ2v) is 8.44. The minimum atomic E-state index is -0.398. The van der Waals surface area contributed by atoms with E-state index in [0.717, 1.165) is 37.3 Å². The van der Waals surface area contributed by atoms with Crippen molar-refractivity contribution in [2.24, 2.45) is 0 Å². The molecule has 0 radical (unpaired) electrons. The lowest BCUT2D eigenvalue weighted by Gasteiger charge is -2.34. The molecule has 2 saturated heterocycles. The van der Waals surface area contributed by atoms with Crippen LogP contribution in [0.15, 0.2) is 77.9 Å². The lowest BCUT2D eigenvalue weighted by molar-refractivity contribution is 0.0305. The molecule has 0 aliphatic carbocycles. The Labute approximate surface area is 189 Å². The van der Waals surface area contributed by atoms with E-state index in [0.29, 0.717) is 5.69 Å². The van der Waals surface area contributed by atoms with E-state index in [1.165, 1.54) is 23.0 Å². The van der Waals surface area contributed by atoms with Gasteiger partial charge in [-0.3, -0.25) is 4.79 Å². The van der Waals surface area contributed by atoms with Crippen LogP contribution in [0.4, 0.5) is 10.1 Å². The average Bonchev–Trinajstić information content (AvgIpc) is 3.46. The number of morpholine rings is 1. The summed E-state index contributed by atoms with van der Waals surface area (Å²) in [5, 5.41) is 8.82. The third-order valence-electron chi connectivity index (χ3n) is 6.28. The number of aromatic nitrogens is 4. The molecule has 0 spiro atoms. The quantitative estimate of drug-likeness (QED) is 0.482. The van der Waals surface area contributed by atoms with Crippen molar-refractivity contribution in [3.05, 3.63) is 89.1 Å². The van der Waals surface area contributed by atoms with Gasteiger partial charge in [-0.05, 0) is 49.2 Å². The summed E-state index contributed by atoms with van der Waals surface area (Å²) in [6.45, 7) is 1.55. The van der Waals surface area contributed by atoms with Crippen molar-refractivity contribution in [1.82, 2.24) is 19.6 Å². The Bertz CT molecular complexity index is 1350. The molecule has 7 nitrogen and oxygen atoms in total. The number of rotatable bonds is 4. The van der Waals surface area contributed by atoms with Gasteiger partial charge in [-0.1, -0.05) is 18.2 Å². The Morgan fingerprint density at radius 2 is 1.73 bits per heavy atom. The Morgan fingerprint density at radius 3 is 2.48 bits per heavy atom. The molecular formula is C25H22FN5O2. The molecule has 0 N–H and O–H groups in total. The van der Waals surface area contributed by atoms with Crippen molar-refractivity contribution in [3.8, 4) is 22.8 Å². The molecule has 8 heteroatoms. The number of nitrogens with zero attached hydrogens (tertiary/aromatic N) is 5. The molecule has 6 rings (SSSR count). The highest BCUT2D eigenvalue weighted by atomic mass is 19.1. The monoisotopic (exact) mass is 443 g/mol. The first-order valence-electron chi connectivity index (χ1n) is 11.1. The number of para-hydroxylation sites is 1. The number of hydrogen-bond acceptors (Lipinski definition) is 5. The summed E-state index contributed by atoms with van der Waals surface area (Å²) >= 11 is 0. The fourth-order valence-electron chi connectivity index (χ4n) is 4.68. The molecule has 4 heterocycles. The second-order valence-electron chi connectivity index (χ2n) is 8.44. The van der Waals surface area contributed by atoms with Crippen molar-refractivity contribution in [1.29, 1.82) is 0 Å². The molecule has 2 aliphatic heterocycles. The van der Waals surface area contributed by atoms with Crippen LogP contribution in [0, 0.1) is 5.82 Å². The average molecular weight is 443 g/mol. The van der Waals surface area contributed by atoms with Gasteiger partial charge in [0.25, 0.3) is 0 Å². The molecule has 2 atom stereocenters. The van der Waals surface area contributed by atoms with Crippen LogP contribution in [-0.2, 0) is 4.74 Å². The third kappa shape index (κ3) is 3.62. The first kappa shape index (κ1) is 19.9. The van der Waals surface area contributed by atoms with E-state index in [2.05, 4.69) is 15.1 Å². The van der Waals surface area contributed by atoms with E-state index in [1.807, 2.05) is 36.4 Å². The van der Waals surface area contributed by atoms with Gasteiger partial charge < -0.3 is 9.64 Å². The summed E-state index contributed by atoms with van der Waals surface area (Å²) in [7, 11) is 0. The minimum absolute atomic E-state index is 0.201. The molecule has 2 aliphatic rings. The van der Waals surface area contributed by atoms with Gasteiger partial charge in [0.15, 0.2) is 11.5 Å². The molecule has 0 saturated carbocycles. The van der Waals surface area contributed by atoms with Gasteiger partial charge in [0.2, 0.25) is 5.43 Å². The number of anilines is 1. The minimum Gasteiger partial charge on any atom is -0.371 e. The number of ether oxygens (including phenoxy) is 1. The predicted octanol–water partition coefficient (Wildman–Crippen LogP) is 3.59. The van der Waals surface area contributed by atoms with E-state index in [4.69, 9.17) is 4.74 Å². The summed E-state index contributed by atoms with van der Waals surface area (Å²) in [6.07, 6.45) is 5.68. The van der Waals surface area contributed by atoms with Gasteiger partial charge in [-0.15, -0.1) is 0 Å². The van der Waals surface area contributed by atoms with Crippen LogP contribution in [0.3, 0.4) is 0 Å². The normalized spacial score (nSPS) is 19.7. The van der Waals surface area contributed by atoms with E-state index in [9.17, 15) is 4.79 Å². The topological polar surface area (TPSA) is 65.2 Å². The first-order valence-corrected chi connectivity index (χ1v) is 11.1. The first-order chi connectivity index (χ1) is 16.2. The highest BCUT2D eigenvalue weighted by Gasteiger charge is 2.34. The van der Waals surface area contributed by atoms with E-state index < -0.39 is 5.82 Å². The largest absolute Gasteiger partial charge is 0.371 e. The molecule has 2 unspecified atom stereocenters. The zero-order valence-corrected chi connectivity index (χ0v) is 17.8. The number of fused-ring (bicyclic) bond motifs is 2. The van der Waals surface area contributed by atoms with Crippen LogP contribution in [0.5, 0.6) is 0 Å². The van der Waals surface area contributed by atoms with Crippen molar-refractivity contribution in [2.45, 2.75) is 25.0 Å². The number of halogens is 1. The Morgan fingerprint density at radius 1 is 0.939 bits per heavy atom. The number of benzene rings is 2. The van der Waals surface area contributed by atoms with E-state index in [-0.39, 0.29) is 29.0 Å². The van der Waals surface area contributed by atoms with Gasteiger partial charge in [0.1, 0.15) is 5.69 Å². The molecule has 0 amide bonds. The lowest BCUT2D eigenvalue weighted by atomic mass is 10.2. The SMILES string of the molecule is O=c1ccn(-c2ccc(N3CC4CCC(C3)O4)cc2F)nc1-c1ccnn1-c1ccccc1. The van der Waals surface area contributed by atoms with E-state index in [1.54, 1.807) is 23.0 Å². The summed E-state index contributed by atoms with van der Waals surface area (Å²) in [4.78, 5) is 14.9. The number of hydrogen-bond donors (Lipinski definition) is 0. The summed E-state index contributed by atoms with van der Waals surface area (Å²) in [5.41, 5.74) is 2.41. The van der Waals surface area contributed by atoms with Crippen LogP contribution < -0.4 is 10.3 Å². The van der Waals surface area contributed by atoms with Crippen molar-refractivity contribution in [2.75, 3.05) is 18.0 Å². The zero-order valence-electron chi connectivity index (χ0n) is 17.8. The fraction of sp³-hybridized carbons (Fsp3) is 0.240. The maximum Gasteiger partial charge on any atom is 0.209 e. The maximum atomic E-state index is 15.2. The molecule has 2 aromatic carbocycles. The molecule has 4 aromatic rings. The van der Waals surface area contributed by atoms with Gasteiger partial charge in [0, 0.05) is 31.0 Å². The van der Waals surface area contributed by atoms with Crippen molar-refractivity contribution in [3.63, 3.8) is 0 Å². The van der Waals surface area contributed by atoms with Crippen LogP contribution in [-0.4, -0.2) is 44.9 Å². The fourth-order valence-corrected chi connectivity index (χ4v) is 4.68.